The van der Waals surface area contributed by atoms with Crippen molar-refractivity contribution in [2.75, 3.05) is 6.54 Å². The molecular formula is C17H16N4O2. The van der Waals surface area contributed by atoms with Crippen LogP contribution in [0.3, 0.4) is 0 Å². The number of carbonyl (C=O) groups excluding carboxylic acids is 1. The molecule has 0 unspecified atom stereocenters. The van der Waals surface area contributed by atoms with E-state index in [1.165, 1.54) is 0 Å². The van der Waals surface area contributed by atoms with Crippen LogP contribution in [0.4, 0.5) is 0 Å². The quantitative estimate of drug-likeness (QED) is 0.690. The Morgan fingerprint density at radius 2 is 2.22 bits per heavy atom. The number of rotatable bonds is 1. The van der Waals surface area contributed by atoms with Crippen LogP contribution in [0.15, 0.2) is 28.9 Å². The molecule has 0 saturated carbocycles. The highest BCUT2D eigenvalue weighted by Gasteiger charge is 2.27. The molecule has 4 heterocycles. The first-order valence-corrected chi connectivity index (χ1v) is 7.59. The van der Waals surface area contributed by atoms with Gasteiger partial charge < -0.3 is 9.42 Å². The number of pyridine rings is 2. The van der Waals surface area contributed by atoms with Crippen molar-refractivity contribution in [3.8, 4) is 0 Å². The molecule has 1 aliphatic heterocycles. The molecule has 0 spiro atoms. The average molecular weight is 308 g/mol. The van der Waals surface area contributed by atoms with Crippen molar-refractivity contribution in [2.24, 2.45) is 0 Å². The summed E-state index contributed by atoms with van der Waals surface area (Å²) in [4.78, 5) is 23.5. The zero-order valence-electron chi connectivity index (χ0n) is 13.0. The Balaban J connectivity index is 1.68. The van der Waals surface area contributed by atoms with Crippen LogP contribution in [0.1, 0.15) is 33.1 Å². The van der Waals surface area contributed by atoms with Gasteiger partial charge in [0.15, 0.2) is 5.65 Å². The number of amides is 1. The average Bonchev–Trinajstić information content (AvgIpc) is 2.90. The smallest absolute Gasteiger partial charge is 0.259 e. The molecule has 0 saturated heterocycles. The molecule has 0 radical (unpaired) electrons. The summed E-state index contributed by atoms with van der Waals surface area (Å²) in [5.41, 5.74) is 4.08. The molecule has 0 aliphatic carbocycles. The van der Waals surface area contributed by atoms with Gasteiger partial charge in [0.2, 0.25) is 0 Å². The van der Waals surface area contributed by atoms with Crippen molar-refractivity contribution in [2.45, 2.75) is 26.8 Å². The Labute approximate surface area is 133 Å². The number of nitrogens with zero attached hydrogens (tertiary/aromatic N) is 4. The number of aromatic nitrogens is 3. The van der Waals surface area contributed by atoms with Crippen LogP contribution in [0.25, 0.3) is 11.0 Å². The van der Waals surface area contributed by atoms with Gasteiger partial charge in [-0.2, -0.15) is 0 Å². The molecule has 0 fully saturated rings. The molecule has 0 N–H and O–H groups in total. The summed E-state index contributed by atoms with van der Waals surface area (Å²) in [7, 11) is 0. The van der Waals surface area contributed by atoms with E-state index in [9.17, 15) is 4.79 Å². The lowest BCUT2D eigenvalue weighted by atomic mass is 10.0. The van der Waals surface area contributed by atoms with Gasteiger partial charge >= 0.3 is 0 Å². The third kappa shape index (κ3) is 2.27. The third-order valence-electron chi connectivity index (χ3n) is 4.27. The van der Waals surface area contributed by atoms with E-state index >= 15 is 0 Å². The second-order valence-corrected chi connectivity index (χ2v) is 5.82. The summed E-state index contributed by atoms with van der Waals surface area (Å²) in [5.74, 6) is 0.539. The topological polar surface area (TPSA) is 72.1 Å². The molecule has 23 heavy (non-hydrogen) atoms. The van der Waals surface area contributed by atoms with Crippen molar-refractivity contribution >= 4 is 16.9 Å². The van der Waals surface area contributed by atoms with Gasteiger partial charge in [-0.15, -0.1) is 0 Å². The number of hydrogen-bond donors (Lipinski definition) is 0. The monoisotopic (exact) mass is 308 g/mol. The lowest BCUT2D eigenvalue weighted by molar-refractivity contribution is 0.0731. The Kier molecular flexibility index (Phi) is 3.11. The van der Waals surface area contributed by atoms with E-state index in [1.54, 1.807) is 20.0 Å². The van der Waals surface area contributed by atoms with Crippen molar-refractivity contribution in [3.05, 3.63) is 52.7 Å². The van der Waals surface area contributed by atoms with Crippen LogP contribution in [0, 0.1) is 13.8 Å². The highest BCUT2D eigenvalue weighted by atomic mass is 16.5. The van der Waals surface area contributed by atoms with Crippen LogP contribution in [-0.2, 0) is 13.0 Å². The van der Waals surface area contributed by atoms with Gasteiger partial charge in [0.1, 0.15) is 11.3 Å². The molecule has 6 heteroatoms. The van der Waals surface area contributed by atoms with E-state index in [1.807, 2.05) is 17.0 Å². The molecular weight excluding hydrogens is 292 g/mol. The molecule has 0 bridgehead atoms. The van der Waals surface area contributed by atoms with Crippen molar-refractivity contribution < 1.29 is 9.32 Å². The van der Waals surface area contributed by atoms with E-state index in [2.05, 4.69) is 21.2 Å². The van der Waals surface area contributed by atoms with Crippen molar-refractivity contribution in [3.63, 3.8) is 0 Å². The van der Waals surface area contributed by atoms with Crippen LogP contribution in [0.2, 0.25) is 0 Å². The first-order valence-electron chi connectivity index (χ1n) is 7.59. The maximum atomic E-state index is 12.8. The van der Waals surface area contributed by atoms with E-state index < -0.39 is 0 Å². The summed E-state index contributed by atoms with van der Waals surface area (Å²) < 4.78 is 5.12. The van der Waals surface area contributed by atoms with Gasteiger partial charge in [0.05, 0.1) is 5.69 Å². The SMILES string of the molecule is Cc1noc(C)c1C(=O)N1CCc2nc3ncccc3cc2C1. The summed E-state index contributed by atoms with van der Waals surface area (Å²) >= 11 is 0. The molecule has 1 amide bonds. The minimum absolute atomic E-state index is 0.0295. The van der Waals surface area contributed by atoms with Gasteiger partial charge in [-0.25, -0.2) is 9.97 Å². The Bertz CT molecular complexity index is 897. The Morgan fingerprint density at radius 1 is 1.35 bits per heavy atom. The normalized spacial score (nSPS) is 14.1. The minimum Gasteiger partial charge on any atom is -0.361 e. The molecule has 6 nitrogen and oxygen atoms in total. The van der Waals surface area contributed by atoms with E-state index in [4.69, 9.17) is 4.52 Å². The molecule has 0 aromatic carbocycles. The molecule has 4 rings (SSSR count). The largest absolute Gasteiger partial charge is 0.361 e. The first-order chi connectivity index (χ1) is 11.1. The lowest BCUT2D eigenvalue weighted by Gasteiger charge is -2.28. The number of aryl methyl sites for hydroxylation is 2. The summed E-state index contributed by atoms with van der Waals surface area (Å²) in [6.45, 7) is 4.76. The van der Waals surface area contributed by atoms with Gasteiger partial charge in [0.25, 0.3) is 5.91 Å². The molecule has 0 atom stereocenters. The summed E-state index contributed by atoms with van der Waals surface area (Å²) in [6.07, 6.45) is 2.48. The van der Waals surface area contributed by atoms with E-state index in [0.29, 0.717) is 30.1 Å². The maximum Gasteiger partial charge on any atom is 0.259 e. The van der Waals surface area contributed by atoms with Gasteiger partial charge in [-0.1, -0.05) is 5.16 Å². The zero-order valence-corrected chi connectivity index (χ0v) is 13.0. The third-order valence-corrected chi connectivity index (χ3v) is 4.27. The van der Waals surface area contributed by atoms with Crippen molar-refractivity contribution in [1.29, 1.82) is 0 Å². The minimum atomic E-state index is -0.0295. The number of fused-ring (bicyclic) bond motifs is 2. The predicted octanol–water partition coefficient (Wildman–Crippen LogP) is 2.43. The molecule has 3 aromatic heterocycles. The second-order valence-electron chi connectivity index (χ2n) is 5.82. The van der Waals surface area contributed by atoms with E-state index in [-0.39, 0.29) is 5.91 Å². The predicted molar refractivity (Wildman–Crippen MR) is 84.0 cm³/mol. The zero-order chi connectivity index (χ0) is 16.0. The van der Waals surface area contributed by atoms with E-state index in [0.717, 1.165) is 28.7 Å². The highest BCUT2D eigenvalue weighted by Crippen LogP contribution is 2.24. The van der Waals surface area contributed by atoms with Gasteiger partial charge in [-0.05, 0) is 37.6 Å². The molecule has 1 aliphatic rings. The maximum absolute atomic E-state index is 12.8. The van der Waals surface area contributed by atoms with Crippen LogP contribution in [0.5, 0.6) is 0 Å². The fourth-order valence-corrected chi connectivity index (χ4v) is 3.08. The second kappa shape index (κ2) is 5.15. The van der Waals surface area contributed by atoms with Crippen LogP contribution in [-0.4, -0.2) is 32.5 Å². The summed E-state index contributed by atoms with van der Waals surface area (Å²) in [6, 6.07) is 5.97. The molecule has 3 aromatic rings. The molecule has 116 valence electrons. The van der Waals surface area contributed by atoms with Crippen molar-refractivity contribution in [1.82, 2.24) is 20.0 Å². The first kappa shape index (κ1) is 13.9. The fourth-order valence-electron chi connectivity index (χ4n) is 3.08. The van der Waals surface area contributed by atoms with Crippen LogP contribution < -0.4 is 0 Å². The standard InChI is InChI=1S/C17H16N4O2/c1-10-15(11(2)23-20-10)17(22)21-7-5-14-13(9-21)8-12-4-3-6-18-16(12)19-14/h3-4,6,8H,5,7,9H2,1-2H3. The van der Waals surface area contributed by atoms with Gasteiger partial charge in [0, 0.05) is 36.8 Å². The Morgan fingerprint density at radius 3 is 3.00 bits per heavy atom. The summed E-state index contributed by atoms with van der Waals surface area (Å²) in [5, 5.41) is 4.87. The highest BCUT2D eigenvalue weighted by molar-refractivity contribution is 5.96. The number of carbonyl (C=O) groups is 1. The van der Waals surface area contributed by atoms with Crippen LogP contribution >= 0.6 is 0 Å². The number of hydrogen-bond acceptors (Lipinski definition) is 5. The Hall–Kier alpha value is -2.76. The van der Waals surface area contributed by atoms with Gasteiger partial charge in [-0.3, -0.25) is 4.79 Å². The fraction of sp³-hybridized carbons (Fsp3) is 0.294. The lowest BCUT2D eigenvalue weighted by Crippen LogP contribution is -2.36.